The molecule has 0 amide bonds. The van der Waals surface area contributed by atoms with Gasteiger partial charge in [0.05, 0.1) is 14.2 Å². The molecule has 1 saturated carbocycles. The molecule has 2 fully saturated rings. The molecular weight excluding hydrogens is 312 g/mol. The number of piperazine rings is 1. The van der Waals surface area contributed by atoms with Crippen molar-refractivity contribution in [2.24, 2.45) is 17.8 Å². The second-order valence-corrected chi connectivity index (χ2v) is 7.79. The molecule has 0 N–H and O–H groups in total. The maximum absolute atomic E-state index is 5.53. The molecule has 1 aromatic rings. The van der Waals surface area contributed by atoms with Gasteiger partial charge in [0.2, 0.25) is 0 Å². The predicted octanol–water partition coefficient (Wildman–Crippen LogP) is 3.03. The molecule has 0 aromatic heterocycles. The van der Waals surface area contributed by atoms with E-state index in [-0.39, 0.29) is 0 Å². The number of ether oxygens (including phenoxy) is 2. The van der Waals surface area contributed by atoms with Crippen molar-refractivity contribution in [3.8, 4) is 11.5 Å². The summed E-state index contributed by atoms with van der Waals surface area (Å²) in [7, 11) is 3.46. The van der Waals surface area contributed by atoms with Gasteiger partial charge in [-0.1, -0.05) is 12.2 Å². The Balaban J connectivity index is 1.29. The summed E-state index contributed by atoms with van der Waals surface area (Å²) < 4.78 is 10.9. The first-order chi connectivity index (χ1) is 12.2. The molecule has 2 aliphatic carbocycles. The van der Waals surface area contributed by atoms with E-state index >= 15 is 0 Å². The van der Waals surface area contributed by atoms with Crippen LogP contribution in [0.1, 0.15) is 18.4 Å². The van der Waals surface area contributed by atoms with Crippen LogP contribution < -0.4 is 9.47 Å². The highest BCUT2D eigenvalue weighted by Crippen LogP contribution is 2.43. The molecule has 25 heavy (non-hydrogen) atoms. The Morgan fingerprint density at radius 1 is 0.960 bits per heavy atom. The summed E-state index contributed by atoms with van der Waals surface area (Å²) in [6.07, 6.45) is 7.76. The fourth-order valence-corrected chi connectivity index (χ4v) is 4.81. The lowest BCUT2D eigenvalue weighted by Crippen LogP contribution is -2.47. The molecule has 3 aliphatic rings. The molecule has 136 valence electrons. The van der Waals surface area contributed by atoms with Crippen molar-refractivity contribution in [1.82, 2.24) is 9.80 Å². The van der Waals surface area contributed by atoms with Crippen molar-refractivity contribution in [1.29, 1.82) is 0 Å². The fourth-order valence-electron chi connectivity index (χ4n) is 4.81. The maximum atomic E-state index is 5.53. The van der Waals surface area contributed by atoms with Gasteiger partial charge >= 0.3 is 0 Å². The summed E-state index contributed by atoms with van der Waals surface area (Å²) >= 11 is 0. The van der Waals surface area contributed by atoms with Gasteiger partial charge in [-0.2, -0.15) is 0 Å². The third-order valence-electron chi connectivity index (χ3n) is 6.26. The first kappa shape index (κ1) is 16.9. The lowest BCUT2D eigenvalue weighted by molar-refractivity contribution is 0.108. The minimum Gasteiger partial charge on any atom is -0.497 e. The minimum absolute atomic E-state index is 0.865. The highest BCUT2D eigenvalue weighted by atomic mass is 16.5. The Bertz CT molecular complexity index is 622. The van der Waals surface area contributed by atoms with E-state index < -0.39 is 0 Å². The van der Waals surface area contributed by atoms with Crippen LogP contribution >= 0.6 is 0 Å². The van der Waals surface area contributed by atoms with Crippen molar-refractivity contribution in [3.63, 3.8) is 0 Å². The Kier molecular flexibility index (Phi) is 5.00. The van der Waals surface area contributed by atoms with Crippen LogP contribution in [0.15, 0.2) is 30.4 Å². The zero-order chi connectivity index (χ0) is 17.2. The molecule has 2 bridgehead atoms. The number of benzene rings is 1. The van der Waals surface area contributed by atoms with Crippen LogP contribution in [0.5, 0.6) is 11.5 Å². The monoisotopic (exact) mass is 342 g/mol. The average Bonchev–Trinajstić information content (AvgIpc) is 3.26. The number of nitrogens with zero attached hydrogens (tertiary/aromatic N) is 2. The third-order valence-corrected chi connectivity index (χ3v) is 6.26. The summed E-state index contributed by atoms with van der Waals surface area (Å²) in [5, 5.41) is 0. The van der Waals surface area contributed by atoms with Crippen LogP contribution in [-0.4, -0.2) is 56.7 Å². The molecule has 3 atom stereocenters. The second kappa shape index (κ2) is 7.38. The van der Waals surface area contributed by atoms with E-state index in [9.17, 15) is 0 Å². The summed E-state index contributed by atoms with van der Waals surface area (Å²) in [6, 6.07) is 6.07. The molecule has 1 aromatic carbocycles. The zero-order valence-corrected chi connectivity index (χ0v) is 15.5. The third kappa shape index (κ3) is 3.70. The highest BCUT2D eigenvalue weighted by Gasteiger charge is 2.36. The summed E-state index contributed by atoms with van der Waals surface area (Å²) in [5.74, 6) is 4.51. The number of methoxy groups -OCH3 is 2. The summed E-state index contributed by atoms with van der Waals surface area (Å²) in [4.78, 5) is 5.22. The van der Waals surface area contributed by atoms with E-state index in [0.29, 0.717) is 0 Å². The Morgan fingerprint density at radius 2 is 1.76 bits per heavy atom. The molecule has 1 aliphatic heterocycles. The van der Waals surface area contributed by atoms with E-state index in [0.717, 1.165) is 48.9 Å². The fraction of sp³-hybridized carbons (Fsp3) is 0.619. The lowest BCUT2D eigenvalue weighted by atomic mass is 9.93. The van der Waals surface area contributed by atoms with E-state index in [1.807, 2.05) is 12.1 Å². The Labute approximate surface area is 151 Å². The van der Waals surface area contributed by atoms with Gasteiger partial charge in [-0.05, 0) is 48.8 Å². The molecule has 4 heteroatoms. The lowest BCUT2D eigenvalue weighted by Gasteiger charge is -2.37. The molecule has 0 unspecified atom stereocenters. The van der Waals surface area contributed by atoms with Crippen molar-refractivity contribution in [2.45, 2.75) is 19.4 Å². The number of hydrogen-bond acceptors (Lipinski definition) is 4. The number of rotatable bonds is 6. The molecule has 4 nitrogen and oxygen atoms in total. The highest BCUT2D eigenvalue weighted by molar-refractivity contribution is 5.40. The number of hydrogen-bond donors (Lipinski definition) is 0. The van der Waals surface area contributed by atoms with E-state index in [1.165, 1.54) is 38.0 Å². The van der Waals surface area contributed by atoms with Gasteiger partial charge in [0.1, 0.15) is 11.5 Å². The van der Waals surface area contributed by atoms with E-state index in [1.54, 1.807) is 14.2 Å². The van der Waals surface area contributed by atoms with Gasteiger partial charge in [0.15, 0.2) is 0 Å². The topological polar surface area (TPSA) is 24.9 Å². The molecule has 1 heterocycles. The minimum atomic E-state index is 0.865. The quantitative estimate of drug-likeness (QED) is 0.742. The zero-order valence-electron chi connectivity index (χ0n) is 15.5. The molecular formula is C21H30N2O2. The Hall–Kier alpha value is -1.52. The van der Waals surface area contributed by atoms with Crippen LogP contribution in [0.2, 0.25) is 0 Å². The van der Waals surface area contributed by atoms with Crippen molar-refractivity contribution in [2.75, 3.05) is 46.9 Å². The first-order valence-electron chi connectivity index (χ1n) is 9.59. The van der Waals surface area contributed by atoms with Gasteiger partial charge in [-0.3, -0.25) is 4.90 Å². The molecule has 0 spiro atoms. The van der Waals surface area contributed by atoms with Crippen LogP contribution in [0.4, 0.5) is 0 Å². The predicted molar refractivity (Wildman–Crippen MR) is 100 cm³/mol. The van der Waals surface area contributed by atoms with Gasteiger partial charge in [-0.15, -0.1) is 0 Å². The SMILES string of the molecule is COc1ccc(OC)c(CN2CCN(C[C@H]3C[C@H]4C=C[C@H]3C4)CC2)c1. The van der Waals surface area contributed by atoms with Crippen LogP contribution in [0, 0.1) is 17.8 Å². The van der Waals surface area contributed by atoms with Crippen molar-refractivity contribution < 1.29 is 9.47 Å². The molecule has 4 rings (SSSR count). The van der Waals surface area contributed by atoms with E-state index in [4.69, 9.17) is 9.47 Å². The molecule has 0 radical (unpaired) electrons. The van der Waals surface area contributed by atoms with Gasteiger partial charge in [0, 0.05) is 44.8 Å². The summed E-state index contributed by atoms with van der Waals surface area (Å²) in [5.41, 5.74) is 1.22. The van der Waals surface area contributed by atoms with Crippen LogP contribution in [-0.2, 0) is 6.54 Å². The standard InChI is InChI=1S/C21H30N2O2/c1-24-20-5-6-21(25-2)19(13-20)15-23-9-7-22(8-10-23)14-18-12-16-3-4-17(18)11-16/h3-6,13,16-18H,7-12,14-15H2,1-2H3/t16-,17-,18+/m0/s1. The van der Waals surface area contributed by atoms with Gasteiger partial charge in [-0.25, -0.2) is 0 Å². The van der Waals surface area contributed by atoms with Crippen LogP contribution in [0.25, 0.3) is 0 Å². The van der Waals surface area contributed by atoms with Crippen LogP contribution in [0.3, 0.4) is 0 Å². The van der Waals surface area contributed by atoms with Crippen molar-refractivity contribution >= 4 is 0 Å². The van der Waals surface area contributed by atoms with Gasteiger partial charge < -0.3 is 14.4 Å². The second-order valence-electron chi connectivity index (χ2n) is 7.79. The smallest absolute Gasteiger partial charge is 0.123 e. The Morgan fingerprint density at radius 3 is 2.40 bits per heavy atom. The summed E-state index contributed by atoms with van der Waals surface area (Å²) in [6.45, 7) is 6.87. The van der Waals surface area contributed by atoms with Crippen molar-refractivity contribution in [3.05, 3.63) is 35.9 Å². The normalized spacial score (nSPS) is 29.3. The first-order valence-corrected chi connectivity index (χ1v) is 9.59. The number of allylic oxidation sites excluding steroid dienone is 2. The van der Waals surface area contributed by atoms with E-state index in [2.05, 4.69) is 28.0 Å². The van der Waals surface area contributed by atoms with Gasteiger partial charge in [0.25, 0.3) is 0 Å². The largest absolute Gasteiger partial charge is 0.497 e. The number of fused-ring (bicyclic) bond motifs is 2. The maximum Gasteiger partial charge on any atom is 0.123 e. The molecule has 1 saturated heterocycles. The average molecular weight is 342 g/mol.